The lowest BCUT2D eigenvalue weighted by atomic mass is 9.74. The van der Waals surface area contributed by atoms with Gasteiger partial charge >= 0.3 is 0 Å². The molecule has 0 amide bonds. The Morgan fingerprint density at radius 2 is 1.93 bits per heavy atom. The summed E-state index contributed by atoms with van der Waals surface area (Å²) in [5, 5.41) is 12.7. The molecule has 2 bridgehead atoms. The number of hydrogen-bond donors (Lipinski definition) is 2. The second-order valence-electron chi connectivity index (χ2n) is 9.44. The van der Waals surface area contributed by atoms with Crippen LogP contribution in [0.2, 0.25) is 0 Å². The first-order valence-electron chi connectivity index (χ1n) is 11.7. The minimum atomic E-state index is -0.0373. The van der Waals surface area contributed by atoms with E-state index in [0.717, 1.165) is 30.6 Å². The van der Waals surface area contributed by atoms with E-state index in [-0.39, 0.29) is 6.61 Å². The summed E-state index contributed by atoms with van der Waals surface area (Å²) in [5.41, 5.74) is 2.59. The van der Waals surface area contributed by atoms with E-state index in [4.69, 9.17) is 19.5 Å². The van der Waals surface area contributed by atoms with Crippen molar-refractivity contribution in [3.05, 3.63) is 46.9 Å². The largest absolute Gasteiger partial charge is 0.462 e. The van der Waals surface area contributed by atoms with Gasteiger partial charge in [-0.05, 0) is 63.3 Å². The molecule has 0 aromatic carbocycles. The maximum absolute atomic E-state index is 9.14. The van der Waals surface area contributed by atoms with Crippen molar-refractivity contribution in [2.75, 3.05) is 19.6 Å². The van der Waals surface area contributed by atoms with Crippen molar-refractivity contribution >= 4 is 0 Å². The van der Waals surface area contributed by atoms with Gasteiger partial charge in [0.15, 0.2) is 0 Å². The Labute approximate surface area is 179 Å². The Balaban J connectivity index is 1.21. The van der Waals surface area contributed by atoms with Crippen LogP contribution in [0.5, 0.6) is 0 Å². The number of rotatable bonds is 7. The number of hydrogen-bond acceptors (Lipinski definition) is 6. The predicted molar refractivity (Wildman–Crippen MR) is 115 cm³/mol. The minimum absolute atomic E-state index is 0.0373. The number of aryl methyl sites for hydroxylation is 1. The molecule has 1 unspecified atom stereocenters. The van der Waals surface area contributed by atoms with Crippen LogP contribution in [0.3, 0.4) is 0 Å². The van der Waals surface area contributed by atoms with Gasteiger partial charge in [0.05, 0.1) is 6.54 Å². The van der Waals surface area contributed by atoms with Gasteiger partial charge in [0.1, 0.15) is 24.0 Å². The van der Waals surface area contributed by atoms with Crippen molar-refractivity contribution in [1.29, 1.82) is 0 Å². The van der Waals surface area contributed by atoms with Crippen LogP contribution in [0.1, 0.15) is 79.1 Å². The van der Waals surface area contributed by atoms with E-state index < -0.39 is 0 Å². The SMILES string of the molecule is Cc1nc(C2CCCC2)cc([C@H]2CN3CC[C@H]2C[C@@H]3CNCc2ccc(CO)o2)n1. The van der Waals surface area contributed by atoms with Gasteiger partial charge in [0.2, 0.25) is 0 Å². The first-order valence-corrected chi connectivity index (χ1v) is 11.7. The second kappa shape index (κ2) is 8.77. The molecule has 6 heteroatoms. The van der Waals surface area contributed by atoms with E-state index in [0.29, 0.717) is 30.2 Å². The van der Waals surface area contributed by atoms with Gasteiger partial charge in [-0.2, -0.15) is 0 Å². The summed E-state index contributed by atoms with van der Waals surface area (Å²) in [4.78, 5) is 12.4. The summed E-state index contributed by atoms with van der Waals surface area (Å²) < 4.78 is 5.58. The average Bonchev–Trinajstić information content (AvgIpc) is 3.46. The summed E-state index contributed by atoms with van der Waals surface area (Å²) in [7, 11) is 0. The van der Waals surface area contributed by atoms with Crippen LogP contribution in [-0.4, -0.2) is 45.7 Å². The van der Waals surface area contributed by atoms with Gasteiger partial charge < -0.3 is 14.8 Å². The average molecular weight is 411 g/mol. The fraction of sp³-hybridized carbons (Fsp3) is 0.667. The van der Waals surface area contributed by atoms with Gasteiger partial charge in [0, 0.05) is 42.4 Å². The number of piperidine rings is 3. The zero-order valence-electron chi connectivity index (χ0n) is 18.0. The van der Waals surface area contributed by atoms with Crippen molar-refractivity contribution in [2.24, 2.45) is 5.92 Å². The third-order valence-corrected chi connectivity index (χ3v) is 7.46. The molecule has 1 aliphatic carbocycles. The summed E-state index contributed by atoms with van der Waals surface area (Å²) in [5.74, 6) is 4.39. The molecule has 6 rings (SSSR count). The molecular weight excluding hydrogens is 376 g/mol. The molecule has 0 spiro atoms. The van der Waals surface area contributed by atoms with E-state index in [1.807, 2.05) is 12.1 Å². The fourth-order valence-corrected chi connectivity index (χ4v) is 5.89. The van der Waals surface area contributed by atoms with Crippen molar-refractivity contribution in [3.8, 4) is 0 Å². The van der Waals surface area contributed by atoms with E-state index in [2.05, 4.69) is 23.2 Å². The molecule has 162 valence electrons. The zero-order chi connectivity index (χ0) is 20.5. The van der Waals surface area contributed by atoms with Crippen molar-refractivity contribution in [1.82, 2.24) is 20.2 Å². The number of furan rings is 1. The first-order chi connectivity index (χ1) is 14.7. The Morgan fingerprint density at radius 1 is 1.13 bits per heavy atom. The summed E-state index contributed by atoms with van der Waals surface area (Å²) in [6, 6.07) is 6.72. The summed E-state index contributed by atoms with van der Waals surface area (Å²) in [6.45, 7) is 6.04. The highest BCUT2D eigenvalue weighted by molar-refractivity contribution is 5.22. The highest BCUT2D eigenvalue weighted by atomic mass is 16.4. The van der Waals surface area contributed by atoms with E-state index in [1.165, 1.54) is 56.5 Å². The number of fused-ring (bicyclic) bond motifs is 3. The van der Waals surface area contributed by atoms with Crippen LogP contribution in [0.25, 0.3) is 0 Å². The van der Waals surface area contributed by atoms with Gasteiger partial charge in [0.25, 0.3) is 0 Å². The van der Waals surface area contributed by atoms with Crippen molar-refractivity contribution in [2.45, 2.75) is 76.5 Å². The number of nitrogens with one attached hydrogen (secondary N) is 1. The smallest absolute Gasteiger partial charge is 0.129 e. The first kappa shape index (κ1) is 20.2. The normalized spacial score (nSPS) is 29.0. The molecule has 4 fully saturated rings. The van der Waals surface area contributed by atoms with E-state index >= 15 is 0 Å². The van der Waals surface area contributed by atoms with Crippen LogP contribution in [0.4, 0.5) is 0 Å². The number of aromatic nitrogens is 2. The molecule has 3 aliphatic heterocycles. The van der Waals surface area contributed by atoms with Crippen LogP contribution in [0.15, 0.2) is 22.6 Å². The van der Waals surface area contributed by atoms with Crippen LogP contribution < -0.4 is 5.32 Å². The molecular formula is C24H34N4O2. The van der Waals surface area contributed by atoms with Gasteiger partial charge in [-0.25, -0.2) is 9.97 Å². The summed E-state index contributed by atoms with van der Waals surface area (Å²) in [6.07, 6.45) is 7.78. The Morgan fingerprint density at radius 3 is 2.67 bits per heavy atom. The zero-order valence-corrected chi connectivity index (χ0v) is 18.0. The quantitative estimate of drug-likeness (QED) is 0.728. The minimum Gasteiger partial charge on any atom is -0.462 e. The maximum Gasteiger partial charge on any atom is 0.129 e. The summed E-state index contributed by atoms with van der Waals surface area (Å²) >= 11 is 0. The van der Waals surface area contributed by atoms with Crippen LogP contribution in [0, 0.1) is 12.8 Å². The van der Waals surface area contributed by atoms with Crippen LogP contribution >= 0.6 is 0 Å². The number of nitrogens with zero attached hydrogens (tertiary/aromatic N) is 3. The molecule has 0 radical (unpaired) electrons. The molecule has 2 N–H and O–H groups in total. The molecule has 2 aromatic rings. The molecule has 5 heterocycles. The maximum atomic E-state index is 9.14. The van der Waals surface area contributed by atoms with E-state index in [1.54, 1.807) is 0 Å². The van der Waals surface area contributed by atoms with Gasteiger partial charge in [-0.15, -0.1) is 0 Å². The number of aliphatic hydroxyl groups is 1. The Kier molecular flexibility index (Phi) is 5.89. The van der Waals surface area contributed by atoms with Crippen LogP contribution in [-0.2, 0) is 13.2 Å². The van der Waals surface area contributed by atoms with Crippen molar-refractivity contribution in [3.63, 3.8) is 0 Å². The fourth-order valence-electron chi connectivity index (χ4n) is 5.89. The van der Waals surface area contributed by atoms with Gasteiger partial charge in [-0.1, -0.05) is 12.8 Å². The molecule has 4 aliphatic rings. The molecule has 3 saturated heterocycles. The topological polar surface area (TPSA) is 74.4 Å². The monoisotopic (exact) mass is 410 g/mol. The lowest BCUT2D eigenvalue weighted by Crippen LogP contribution is -2.55. The Hall–Kier alpha value is -1.76. The molecule has 1 saturated carbocycles. The molecule has 4 atom stereocenters. The predicted octanol–water partition coefficient (Wildman–Crippen LogP) is 3.50. The van der Waals surface area contributed by atoms with E-state index in [9.17, 15) is 0 Å². The lowest BCUT2D eigenvalue weighted by Gasteiger charge is -2.50. The standard InChI is InChI=1S/C24H34N4O2/c1-16-26-23(17-4-2-3-5-17)11-24(27-16)22-14-28-9-8-18(22)10-19(28)12-25-13-20-6-7-21(15-29)30-20/h6-7,11,17-19,22,25,29H,2-5,8-10,12-15H2,1H3/t18-,19+,22-/m0/s1. The highest BCUT2D eigenvalue weighted by Crippen LogP contribution is 2.42. The molecule has 30 heavy (non-hydrogen) atoms. The number of aliphatic hydroxyl groups excluding tert-OH is 1. The third kappa shape index (κ3) is 4.18. The molecule has 6 nitrogen and oxygen atoms in total. The Bertz CT molecular complexity index is 861. The highest BCUT2D eigenvalue weighted by Gasteiger charge is 2.41. The van der Waals surface area contributed by atoms with Gasteiger partial charge in [-0.3, -0.25) is 4.90 Å². The second-order valence-corrected chi connectivity index (χ2v) is 9.44. The lowest BCUT2D eigenvalue weighted by molar-refractivity contribution is 0.0289. The van der Waals surface area contributed by atoms with Crippen molar-refractivity contribution < 1.29 is 9.52 Å². The molecule has 2 aromatic heterocycles. The third-order valence-electron chi connectivity index (χ3n) is 7.46.